The fraction of sp³-hybridized carbons (Fsp3) is 0.500. The summed E-state index contributed by atoms with van der Waals surface area (Å²) in [6.07, 6.45) is 0.188. The Morgan fingerprint density at radius 2 is 1.83 bits per heavy atom. The second-order valence-electron chi connectivity index (χ2n) is 4.43. The molecule has 1 unspecified atom stereocenters. The second kappa shape index (κ2) is 5.75. The van der Waals surface area contributed by atoms with E-state index in [0.29, 0.717) is 0 Å². The van der Waals surface area contributed by atoms with Crippen molar-refractivity contribution in [2.45, 2.75) is 25.3 Å². The maximum absolute atomic E-state index is 13.8. The van der Waals surface area contributed by atoms with Gasteiger partial charge in [0, 0.05) is 11.6 Å². The predicted octanol–water partition coefficient (Wildman–Crippen LogP) is 1.93. The molecular formula is C12H17F2NO2S. The molecule has 1 aromatic carbocycles. The highest BCUT2D eigenvalue weighted by atomic mass is 32.2. The fourth-order valence-electron chi connectivity index (χ4n) is 1.48. The molecule has 0 aliphatic carbocycles. The van der Waals surface area contributed by atoms with Crippen LogP contribution in [0, 0.1) is 0 Å². The van der Waals surface area contributed by atoms with Crippen LogP contribution in [0.3, 0.4) is 0 Å². The van der Waals surface area contributed by atoms with Gasteiger partial charge < -0.3 is 5.73 Å². The molecular weight excluding hydrogens is 260 g/mol. The maximum atomic E-state index is 13.8. The second-order valence-corrected chi connectivity index (χ2v) is 6.61. The van der Waals surface area contributed by atoms with Crippen molar-refractivity contribution in [2.24, 2.45) is 5.73 Å². The van der Waals surface area contributed by atoms with E-state index in [9.17, 15) is 17.2 Å². The van der Waals surface area contributed by atoms with E-state index >= 15 is 0 Å². The summed E-state index contributed by atoms with van der Waals surface area (Å²) < 4.78 is 50.7. The van der Waals surface area contributed by atoms with Gasteiger partial charge in [0.1, 0.15) is 5.75 Å². The summed E-state index contributed by atoms with van der Waals surface area (Å²) >= 11 is 0. The third-order valence-corrected chi connectivity index (χ3v) is 4.14. The molecule has 0 saturated carbocycles. The van der Waals surface area contributed by atoms with Crippen molar-refractivity contribution in [3.05, 3.63) is 35.9 Å². The zero-order valence-electron chi connectivity index (χ0n) is 10.1. The van der Waals surface area contributed by atoms with Crippen LogP contribution in [0.4, 0.5) is 8.78 Å². The Bertz CT molecular complexity index is 472. The Balaban J connectivity index is 2.77. The van der Waals surface area contributed by atoms with Gasteiger partial charge in [0.2, 0.25) is 0 Å². The lowest BCUT2D eigenvalue weighted by atomic mass is 10.1. The van der Waals surface area contributed by atoms with E-state index in [2.05, 4.69) is 0 Å². The number of benzene rings is 1. The first-order valence-electron chi connectivity index (χ1n) is 5.62. The summed E-state index contributed by atoms with van der Waals surface area (Å²) in [5.41, 5.74) is 5.14. The average Bonchev–Trinajstić information content (AvgIpc) is 2.26. The van der Waals surface area contributed by atoms with Crippen molar-refractivity contribution in [2.75, 3.05) is 11.5 Å². The minimum Gasteiger partial charge on any atom is -0.328 e. The zero-order chi connectivity index (χ0) is 13.8. The van der Waals surface area contributed by atoms with E-state index < -0.39 is 21.5 Å². The highest BCUT2D eigenvalue weighted by molar-refractivity contribution is 7.91. The van der Waals surface area contributed by atoms with E-state index in [4.69, 9.17) is 5.73 Å². The minimum atomic E-state index is -3.81. The summed E-state index contributed by atoms with van der Waals surface area (Å²) in [5.74, 6) is -4.85. The lowest BCUT2D eigenvalue weighted by Crippen LogP contribution is -2.29. The lowest BCUT2D eigenvalue weighted by molar-refractivity contribution is 0.0213. The van der Waals surface area contributed by atoms with Crippen LogP contribution in [-0.4, -0.2) is 26.0 Å². The molecule has 6 heteroatoms. The highest BCUT2D eigenvalue weighted by Crippen LogP contribution is 2.29. The van der Waals surface area contributed by atoms with Crippen molar-refractivity contribution >= 4 is 9.84 Å². The normalized spacial score (nSPS) is 14.4. The van der Waals surface area contributed by atoms with Gasteiger partial charge >= 0.3 is 0 Å². The van der Waals surface area contributed by atoms with Crippen LogP contribution < -0.4 is 5.73 Å². The third kappa shape index (κ3) is 4.70. The van der Waals surface area contributed by atoms with Gasteiger partial charge in [-0.2, -0.15) is 0 Å². The zero-order valence-corrected chi connectivity index (χ0v) is 11.0. The fourth-order valence-corrected chi connectivity index (χ4v) is 3.07. The molecule has 1 rings (SSSR count). The number of hydrogen-bond donors (Lipinski definition) is 1. The Hall–Kier alpha value is -1.01. The van der Waals surface area contributed by atoms with Crippen molar-refractivity contribution in [1.82, 2.24) is 0 Å². The number of rotatable bonds is 6. The summed E-state index contributed by atoms with van der Waals surface area (Å²) in [5, 5.41) is 0. The SMILES string of the molecule is CC(N)CCS(=O)(=O)CC(F)(F)c1ccccc1. The first-order valence-corrected chi connectivity index (χ1v) is 7.44. The largest absolute Gasteiger partial charge is 0.328 e. The van der Waals surface area contributed by atoms with Gasteiger partial charge in [0.05, 0.1) is 5.75 Å². The molecule has 0 radical (unpaired) electrons. The van der Waals surface area contributed by atoms with Crippen molar-refractivity contribution in [3.8, 4) is 0 Å². The summed E-state index contributed by atoms with van der Waals surface area (Å²) in [4.78, 5) is 0. The number of halogens is 2. The Kier molecular flexibility index (Phi) is 4.81. The van der Waals surface area contributed by atoms with Crippen LogP contribution in [-0.2, 0) is 15.8 Å². The van der Waals surface area contributed by atoms with Crippen LogP contribution in [0.5, 0.6) is 0 Å². The monoisotopic (exact) mass is 277 g/mol. The quantitative estimate of drug-likeness (QED) is 0.864. The molecule has 1 atom stereocenters. The van der Waals surface area contributed by atoms with Crippen molar-refractivity contribution < 1.29 is 17.2 Å². The van der Waals surface area contributed by atoms with Gasteiger partial charge in [-0.3, -0.25) is 0 Å². The molecule has 0 bridgehead atoms. The van der Waals surface area contributed by atoms with E-state index in [-0.39, 0.29) is 23.8 Å². The maximum Gasteiger partial charge on any atom is 0.287 e. The van der Waals surface area contributed by atoms with Gasteiger partial charge in [0.15, 0.2) is 9.84 Å². The third-order valence-electron chi connectivity index (χ3n) is 2.48. The van der Waals surface area contributed by atoms with Gasteiger partial charge in [-0.15, -0.1) is 0 Å². The van der Waals surface area contributed by atoms with E-state index in [1.807, 2.05) is 0 Å². The molecule has 3 nitrogen and oxygen atoms in total. The lowest BCUT2D eigenvalue weighted by Gasteiger charge is -2.17. The summed E-state index contributed by atoms with van der Waals surface area (Å²) in [6.45, 7) is 1.64. The van der Waals surface area contributed by atoms with Crippen LogP contribution in [0.2, 0.25) is 0 Å². The van der Waals surface area contributed by atoms with Crippen molar-refractivity contribution in [3.63, 3.8) is 0 Å². The van der Waals surface area contributed by atoms with Gasteiger partial charge in [0.25, 0.3) is 5.92 Å². The molecule has 0 amide bonds. The minimum absolute atomic E-state index is 0.188. The number of hydrogen-bond acceptors (Lipinski definition) is 3. The van der Waals surface area contributed by atoms with Crippen LogP contribution in [0.25, 0.3) is 0 Å². The molecule has 18 heavy (non-hydrogen) atoms. The van der Waals surface area contributed by atoms with E-state index in [0.717, 1.165) is 0 Å². The van der Waals surface area contributed by atoms with Crippen LogP contribution >= 0.6 is 0 Å². The topological polar surface area (TPSA) is 60.2 Å². The molecule has 0 aliphatic heterocycles. The van der Waals surface area contributed by atoms with Gasteiger partial charge in [-0.05, 0) is 13.3 Å². The number of alkyl halides is 2. The molecule has 0 aliphatic rings. The Morgan fingerprint density at radius 3 is 2.33 bits per heavy atom. The van der Waals surface area contributed by atoms with Crippen LogP contribution in [0.15, 0.2) is 30.3 Å². The standard InChI is InChI=1S/C12H17F2NO2S/c1-10(15)7-8-18(16,17)9-12(13,14)11-5-3-2-4-6-11/h2-6,10H,7-9,15H2,1H3. The van der Waals surface area contributed by atoms with E-state index in [1.165, 1.54) is 24.3 Å². The number of nitrogens with two attached hydrogens (primary N) is 1. The highest BCUT2D eigenvalue weighted by Gasteiger charge is 2.37. The molecule has 102 valence electrons. The Morgan fingerprint density at radius 1 is 1.28 bits per heavy atom. The predicted molar refractivity (Wildman–Crippen MR) is 67.3 cm³/mol. The Labute approximate surface area is 106 Å². The molecule has 0 saturated heterocycles. The summed E-state index contributed by atoms with van der Waals surface area (Å²) in [7, 11) is -3.81. The van der Waals surface area contributed by atoms with E-state index in [1.54, 1.807) is 13.0 Å². The first-order chi connectivity index (χ1) is 8.23. The first kappa shape index (κ1) is 15.0. The molecule has 0 aromatic heterocycles. The van der Waals surface area contributed by atoms with Gasteiger partial charge in [-0.25, -0.2) is 17.2 Å². The molecule has 2 N–H and O–H groups in total. The number of sulfone groups is 1. The average molecular weight is 277 g/mol. The van der Waals surface area contributed by atoms with Crippen LogP contribution in [0.1, 0.15) is 18.9 Å². The summed E-state index contributed by atoms with van der Waals surface area (Å²) in [6, 6.07) is 6.65. The molecule has 0 fully saturated rings. The molecule has 1 aromatic rings. The van der Waals surface area contributed by atoms with Gasteiger partial charge in [-0.1, -0.05) is 30.3 Å². The smallest absolute Gasteiger partial charge is 0.287 e. The molecule has 0 heterocycles. The van der Waals surface area contributed by atoms with Crippen molar-refractivity contribution in [1.29, 1.82) is 0 Å². The molecule has 0 spiro atoms.